The lowest BCUT2D eigenvalue weighted by molar-refractivity contribution is 0.102. The summed E-state index contributed by atoms with van der Waals surface area (Å²) in [6.07, 6.45) is 6.74. The summed E-state index contributed by atoms with van der Waals surface area (Å²) < 4.78 is 0. The van der Waals surface area contributed by atoms with E-state index < -0.39 is 0 Å². The Hall–Kier alpha value is -2.36. The SMILES string of the molecule is CC(C)(C)c1ccccc1NC(=O)c1cc(N2CCCCCC2)ccn1. The number of amides is 1. The number of aromatic nitrogens is 1. The molecule has 0 spiro atoms. The van der Waals surface area contributed by atoms with E-state index in [1.807, 2.05) is 30.3 Å². The van der Waals surface area contributed by atoms with Crippen LogP contribution in [0.1, 0.15) is 62.5 Å². The van der Waals surface area contributed by atoms with E-state index in [0.717, 1.165) is 30.0 Å². The van der Waals surface area contributed by atoms with Gasteiger partial charge in [0.2, 0.25) is 0 Å². The number of benzene rings is 1. The highest BCUT2D eigenvalue weighted by molar-refractivity contribution is 6.03. The van der Waals surface area contributed by atoms with Gasteiger partial charge in [0.1, 0.15) is 5.69 Å². The third kappa shape index (κ3) is 4.43. The molecule has 1 N–H and O–H groups in total. The van der Waals surface area contributed by atoms with E-state index in [-0.39, 0.29) is 11.3 Å². The fourth-order valence-corrected chi connectivity index (χ4v) is 3.50. The van der Waals surface area contributed by atoms with Gasteiger partial charge in [0.05, 0.1) is 0 Å². The molecule has 2 heterocycles. The van der Waals surface area contributed by atoms with E-state index in [2.05, 4.69) is 42.0 Å². The maximum Gasteiger partial charge on any atom is 0.274 e. The van der Waals surface area contributed by atoms with Crippen LogP contribution in [0.3, 0.4) is 0 Å². The summed E-state index contributed by atoms with van der Waals surface area (Å²) in [5.41, 5.74) is 3.50. The van der Waals surface area contributed by atoms with Gasteiger partial charge in [-0.3, -0.25) is 9.78 Å². The van der Waals surface area contributed by atoms with Crippen molar-refractivity contribution in [2.75, 3.05) is 23.3 Å². The molecule has 1 aliphatic heterocycles. The zero-order valence-corrected chi connectivity index (χ0v) is 16.1. The van der Waals surface area contributed by atoms with Gasteiger partial charge in [-0.15, -0.1) is 0 Å². The topological polar surface area (TPSA) is 45.2 Å². The molecule has 1 aromatic heterocycles. The van der Waals surface area contributed by atoms with Crippen molar-refractivity contribution >= 4 is 17.3 Å². The molecule has 0 aliphatic carbocycles. The van der Waals surface area contributed by atoms with Crippen LogP contribution >= 0.6 is 0 Å². The first kappa shape index (κ1) is 18.4. The van der Waals surface area contributed by atoms with Crippen LogP contribution in [0, 0.1) is 0 Å². The lowest BCUT2D eigenvalue weighted by Gasteiger charge is -2.24. The second-order valence-corrected chi connectivity index (χ2v) is 8.05. The molecule has 1 aromatic carbocycles. The molecule has 0 atom stereocenters. The Kier molecular flexibility index (Phi) is 5.60. The molecule has 0 saturated carbocycles. The quantitative estimate of drug-likeness (QED) is 0.845. The molecule has 0 radical (unpaired) electrons. The second kappa shape index (κ2) is 7.90. The highest BCUT2D eigenvalue weighted by atomic mass is 16.1. The van der Waals surface area contributed by atoms with Crippen molar-refractivity contribution in [1.82, 2.24) is 4.98 Å². The Morgan fingerprint density at radius 1 is 1.04 bits per heavy atom. The Balaban J connectivity index is 1.80. The molecular weight excluding hydrogens is 322 g/mol. The smallest absolute Gasteiger partial charge is 0.274 e. The lowest BCUT2D eigenvalue weighted by Crippen LogP contribution is -2.25. The van der Waals surface area contributed by atoms with Crippen LogP contribution in [0.15, 0.2) is 42.6 Å². The molecule has 1 fully saturated rings. The standard InChI is InChI=1S/C22H29N3O/c1-22(2,3)18-10-6-7-11-19(18)24-21(26)20-16-17(12-13-23-20)25-14-8-4-5-9-15-25/h6-7,10-13,16H,4-5,8-9,14-15H2,1-3H3,(H,24,26). The van der Waals surface area contributed by atoms with E-state index in [1.54, 1.807) is 6.20 Å². The maximum atomic E-state index is 12.8. The maximum absolute atomic E-state index is 12.8. The monoisotopic (exact) mass is 351 g/mol. The predicted octanol–water partition coefficient (Wildman–Crippen LogP) is 5.01. The third-order valence-electron chi connectivity index (χ3n) is 4.93. The second-order valence-electron chi connectivity index (χ2n) is 8.05. The molecule has 1 saturated heterocycles. The number of hydrogen-bond acceptors (Lipinski definition) is 3. The zero-order chi connectivity index (χ0) is 18.6. The van der Waals surface area contributed by atoms with Gasteiger partial charge in [-0.05, 0) is 42.0 Å². The Morgan fingerprint density at radius 3 is 2.42 bits per heavy atom. The summed E-state index contributed by atoms with van der Waals surface area (Å²) in [4.78, 5) is 19.5. The number of nitrogens with zero attached hydrogens (tertiary/aromatic N) is 2. The van der Waals surface area contributed by atoms with Crippen LogP contribution in [-0.2, 0) is 5.41 Å². The van der Waals surface area contributed by atoms with Crippen molar-refractivity contribution in [1.29, 1.82) is 0 Å². The Bertz CT molecular complexity index is 756. The summed E-state index contributed by atoms with van der Waals surface area (Å²) >= 11 is 0. The lowest BCUT2D eigenvalue weighted by atomic mass is 9.86. The van der Waals surface area contributed by atoms with Crippen molar-refractivity contribution < 1.29 is 4.79 Å². The molecule has 1 aliphatic rings. The molecule has 4 nitrogen and oxygen atoms in total. The number of anilines is 2. The van der Waals surface area contributed by atoms with Gasteiger partial charge < -0.3 is 10.2 Å². The number of hydrogen-bond donors (Lipinski definition) is 1. The van der Waals surface area contributed by atoms with Crippen molar-refractivity contribution in [3.05, 3.63) is 53.9 Å². The van der Waals surface area contributed by atoms with Crippen molar-refractivity contribution in [2.45, 2.75) is 51.9 Å². The average molecular weight is 351 g/mol. The van der Waals surface area contributed by atoms with Gasteiger partial charge in [0, 0.05) is 30.7 Å². The Morgan fingerprint density at radius 2 is 1.73 bits per heavy atom. The number of carbonyl (C=O) groups excluding carboxylic acids is 1. The third-order valence-corrected chi connectivity index (χ3v) is 4.93. The van der Waals surface area contributed by atoms with Gasteiger partial charge in [0.15, 0.2) is 0 Å². The van der Waals surface area contributed by atoms with Crippen LogP contribution in [-0.4, -0.2) is 24.0 Å². The van der Waals surface area contributed by atoms with E-state index in [0.29, 0.717) is 5.69 Å². The van der Waals surface area contributed by atoms with Crippen LogP contribution in [0.2, 0.25) is 0 Å². The van der Waals surface area contributed by atoms with Crippen LogP contribution in [0.25, 0.3) is 0 Å². The summed E-state index contributed by atoms with van der Waals surface area (Å²) in [6, 6.07) is 11.9. The first-order valence-electron chi connectivity index (χ1n) is 9.57. The molecule has 0 unspecified atom stereocenters. The van der Waals surface area contributed by atoms with E-state index in [9.17, 15) is 4.79 Å². The van der Waals surface area contributed by atoms with Gasteiger partial charge in [-0.25, -0.2) is 0 Å². The molecular formula is C22H29N3O. The average Bonchev–Trinajstić information content (AvgIpc) is 2.91. The number of carbonyl (C=O) groups is 1. The molecule has 3 rings (SSSR count). The molecule has 0 bridgehead atoms. The molecule has 138 valence electrons. The molecule has 26 heavy (non-hydrogen) atoms. The summed E-state index contributed by atoms with van der Waals surface area (Å²) in [6.45, 7) is 8.55. The summed E-state index contributed by atoms with van der Waals surface area (Å²) in [5, 5.41) is 3.06. The van der Waals surface area contributed by atoms with Crippen LogP contribution in [0.4, 0.5) is 11.4 Å². The van der Waals surface area contributed by atoms with Gasteiger partial charge in [-0.1, -0.05) is 51.8 Å². The predicted molar refractivity (Wildman–Crippen MR) is 108 cm³/mol. The highest BCUT2D eigenvalue weighted by Crippen LogP contribution is 2.29. The van der Waals surface area contributed by atoms with Crippen molar-refractivity contribution in [3.8, 4) is 0 Å². The first-order valence-corrected chi connectivity index (χ1v) is 9.57. The highest BCUT2D eigenvalue weighted by Gasteiger charge is 2.20. The van der Waals surface area contributed by atoms with Crippen molar-refractivity contribution in [2.24, 2.45) is 0 Å². The normalized spacial score (nSPS) is 15.4. The van der Waals surface area contributed by atoms with E-state index >= 15 is 0 Å². The number of rotatable bonds is 3. The minimum absolute atomic E-state index is 0.0365. The minimum atomic E-state index is -0.154. The Labute approximate surface area is 156 Å². The zero-order valence-electron chi connectivity index (χ0n) is 16.1. The summed E-state index contributed by atoms with van der Waals surface area (Å²) in [5.74, 6) is -0.154. The van der Waals surface area contributed by atoms with Gasteiger partial charge in [0.25, 0.3) is 5.91 Å². The van der Waals surface area contributed by atoms with E-state index in [1.165, 1.54) is 25.7 Å². The molecule has 1 amide bonds. The largest absolute Gasteiger partial charge is 0.371 e. The van der Waals surface area contributed by atoms with Gasteiger partial charge >= 0.3 is 0 Å². The van der Waals surface area contributed by atoms with Crippen molar-refractivity contribution in [3.63, 3.8) is 0 Å². The molecule has 2 aromatic rings. The summed E-state index contributed by atoms with van der Waals surface area (Å²) in [7, 11) is 0. The first-order chi connectivity index (χ1) is 12.4. The minimum Gasteiger partial charge on any atom is -0.371 e. The fourth-order valence-electron chi connectivity index (χ4n) is 3.50. The molecule has 4 heteroatoms. The number of pyridine rings is 1. The van der Waals surface area contributed by atoms with Crippen LogP contribution < -0.4 is 10.2 Å². The number of para-hydroxylation sites is 1. The fraction of sp³-hybridized carbons (Fsp3) is 0.455. The van der Waals surface area contributed by atoms with Gasteiger partial charge in [-0.2, -0.15) is 0 Å². The number of nitrogens with one attached hydrogen (secondary N) is 1. The van der Waals surface area contributed by atoms with E-state index in [4.69, 9.17) is 0 Å². The van der Waals surface area contributed by atoms with Crippen LogP contribution in [0.5, 0.6) is 0 Å².